The zero-order chi connectivity index (χ0) is 61.8. The second-order valence-electron chi connectivity index (χ2n) is 18.7. The average Bonchev–Trinajstić information content (AvgIpc) is 2.10. The van der Waals surface area contributed by atoms with Gasteiger partial charge in [0.25, 0.3) is 0 Å². The second-order valence-corrected chi connectivity index (χ2v) is 20.3. The number of benzene rings is 3. The smallest absolute Gasteiger partial charge is 0.449 e. The average molecular weight is 1260 g/mol. The summed E-state index contributed by atoms with van der Waals surface area (Å²) in [5.41, 5.74) is 7.77. The van der Waals surface area contributed by atoms with Crippen LogP contribution in [0.25, 0.3) is 100 Å². The molecule has 12 heterocycles. The molecule has 0 atom stereocenters. The molecule has 3 aromatic carbocycles. The molecule has 0 amide bonds. The van der Waals surface area contributed by atoms with Gasteiger partial charge in [0, 0.05) is 114 Å². The van der Waals surface area contributed by atoms with E-state index in [1.807, 2.05) is 54.6 Å². The molecule has 0 spiro atoms. The Morgan fingerprint density at radius 3 is 1.47 bits per heavy atom. The number of carbonyl (C=O) groups excluding carboxylic acids is 2. The topological polar surface area (TPSA) is 347 Å². The lowest BCUT2D eigenvalue weighted by molar-refractivity contribution is -0.0499. The number of nitrogens with two attached hydrogens (primary N) is 1. The van der Waals surface area contributed by atoms with Crippen LogP contribution >= 0.6 is 12.4 Å². The van der Waals surface area contributed by atoms with Crippen molar-refractivity contribution in [1.29, 1.82) is 0 Å². The van der Waals surface area contributed by atoms with Crippen LogP contribution in [0.3, 0.4) is 0 Å². The third-order valence-corrected chi connectivity index (χ3v) is 14.0. The number of alkyl halides is 3. The molecule has 0 radical (unpaired) electrons. The quantitative estimate of drug-likeness (QED) is 0.0592. The number of nitrogens with one attached hydrogen (secondary N) is 3. The van der Waals surface area contributed by atoms with E-state index in [4.69, 9.17) is 19.0 Å². The highest BCUT2D eigenvalue weighted by molar-refractivity contribution is 7.88. The van der Waals surface area contributed by atoms with Gasteiger partial charge in [-0.1, -0.05) is 18.2 Å². The predicted octanol–water partition coefficient (Wildman–Crippen LogP) is 12.2. The highest BCUT2D eigenvalue weighted by atomic mass is 35.5. The van der Waals surface area contributed by atoms with E-state index in [0.717, 1.165) is 66.2 Å². The van der Waals surface area contributed by atoms with E-state index in [9.17, 15) is 31.2 Å². The number of aromatic nitrogens is 15. The molecule has 90 heavy (non-hydrogen) atoms. The van der Waals surface area contributed by atoms with Crippen molar-refractivity contribution >= 4 is 128 Å². The summed E-state index contributed by atoms with van der Waals surface area (Å²) in [7, 11) is -5.88. The van der Waals surface area contributed by atoms with Crippen molar-refractivity contribution in [3.8, 4) is 40.5 Å². The van der Waals surface area contributed by atoms with E-state index in [2.05, 4.69) is 80.1 Å². The fourth-order valence-corrected chi connectivity index (χ4v) is 9.59. The third kappa shape index (κ3) is 12.0. The summed E-state index contributed by atoms with van der Waals surface area (Å²) in [5, 5.41) is 26.5. The Hall–Kier alpha value is -12.1. The van der Waals surface area contributed by atoms with Gasteiger partial charge in [0.05, 0.1) is 70.5 Å². The maximum absolute atomic E-state index is 12.6. The first-order valence-electron chi connectivity index (χ1n) is 26.2. The molecule has 0 fully saturated rings. The summed E-state index contributed by atoms with van der Waals surface area (Å²) in [6, 6.07) is 27.0. The summed E-state index contributed by atoms with van der Waals surface area (Å²) in [5.74, 6) is 0.686. The molecule has 0 saturated heterocycles. The first kappa shape index (κ1) is 59.7. The molecule has 0 bridgehead atoms. The monoisotopic (exact) mass is 1250 g/mol. The molecule has 450 valence electrons. The van der Waals surface area contributed by atoms with Crippen molar-refractivity contribution in [1.82, 2.24) is 74.6 Å². The van der Waals surface area contributed by atoms with E-state index < -0.39 is 21.4 Å². The summed E-state index contributed by atoms with van der Waals surface area (Å²) >= 11 is 0. The van der Waals surface area contributed by atoms with Crippen molar-refractivity contribution < 1.29 is 48.6 Å². The minimum atomic E-state index is -5.88. The van der Waals surface area contributed by atoms with E-state index >= 15 is 0 Å². The van der Waals surface area contributed by atoms with Gasteiger partial charge in [-0.3, -0.25) is 29.6 Å². The SMILES string of the molecule is CC(=O)n1ncc2c(N)cccc21.CC(=O)n1ncc2c(Nc3c(-c4ncccn4)oc4cnccc34)cccc21.Cl.O=S(=O)(Oc1c(-c2ncccn2)oc2cnccc12)C(F)(F)F.c1cnc(-c2oc3cnccc3c2Nc2cccc3[nH]ncc23)nc1. The van der Waals surface area contributed by atoms with Gasteiger partial charge in [-0.25, -0.2) is 39.3 Å². The first-order chi connectivity index (χ1) is 43.1. The van der Waals surface area contributed by atoms with E-state index in [1.165, 1.54) is 60.1 Å². The number of aromatic amines is 1. The fraction of sp³-hybridized carbons (Fsp3) is 0.0508. The van der Waals surface area contributed by atoms with Crippen LogP contribution in [0, 0.1) is 0 Å². The van der Waals surface area contributed by atoms with E-state index in [0.29, 0.717) is 40.0 Å². The van der Waals surface area contributed by atoms with E-state index in [-0.39, 0.29) is 46.8 Å². The lowest BCUT2D eigenvalue weighted by atomic mass is 10.2. The maximum Gasteiger partial charge on any atom is 0.534 e. The molecule has 15 rings (SSSR count). The highest BCUT2D eigenvalue weighted by Crippen LogP contribution is 2.43. The van der Waals surface area contributed by atoms with Crippen LogP contribution in [0.1, 0.15) is 23.4 Å². The van der Waals surface area contributed by atoms with Crippen molar-refractivity contribution in [3.63, 3.8) is 0 Å². The third-order valence-electron chi connectivity index (χ3n) is 13.1. The van der Waals surface area contributed by atoms with Crippen molar-refractivity contribution in [2.75, 3.05) is 16.4 Å². The zero-order valence-corrected chi connectivity index (χ0v) is 48.0. The molecule has 5 N–H and O–H groups in total. The Labute approximate surface area is 509 Å². The summed E-state index contributed by atoms with van der Waals surface area (Å²) in [6.45, 7) is 2.95. The number of rotatable bonds is 9. The van der Waals surface area contributed by atoms with Crippen LogP contribution in [0.2, 0.25) is 0 Å². The molecule has 15 aromatic rings. The molecular weight excluding hydrogens is 1210 g/mol. The van der Waals surface area contributed by atoms with Gasteiger partial charge in [-0.15, -0.1) is 12.4 Å². The Kier molecular flexibility index (Phi) is 16.6. The molecule has 31 heteroatoms. The number of hydrogen-bond donors (Lipinski definition) is 4. The van der Waals surface area contributed by atoms with E-state index in [1.54, 1.807) is 92.4 Å². The van der Waals surface area contributed by atoms with Gasteiger partial charge in [0.1, 0.15) is 0 Å². The molecule has 0 aliphatic carbocycles. The van der Waals surface area contributed by atoms with Gasteiger partial charge >= 0.3 is 15.6 Å². The summed E-state index contributed by atoms with van der Waals surface area (Å²) in [6.07, 6.45) is 23.6. The Bertz CT molecular complexity index is 5200. The van der Waals surface area contributed by atoms with Crippen molar-refractivity contribution in [3.05, 3.63) is 184 Å². The molecule has 0 saturated carbocycles. The van der Waals surface area contributed by atoms with Crippen LogP contribution in [0.4, 0.5) is 41.6 Å². The number of fused-ring (bicyclic) bond motifs is 6. The molecule has 26 nitrogen and oxygen atoms in total. The normalized spacial score (nSPS) is 11.3. The van der Waals surface area contributed by atoms with Crippen molar-refractivity contribution in [2.45, 2.75) is 19.4 Å². The van der Waals surface area contributed by atoms with Crippen LogP contribution in [-0.4, -0.2) is 100 Å². The van der Waals surface area contributed by atoms with Crippen LogP contribution in [0.15, 0.2) is 197 Å². The van der Waals surface area contributed by atoms with Gasteiger partial charge in [-0.05, 0) is 72.8 Å². The van der Waals surface area contributed by atoms with Crippen LogP contribution in [0.5, 0.6) is 5.75 Å². The summed E-state index contributed by atoms with van der Waals surface area (Å²) in [4.78, 5) is 59.8. The Balaban J connectivity index is 0.000000126. The number of pyridine rings is 3. The maximum atomic E-state index is 12.6. The minimum absolute atomic E-state index is 0. The summed E-state index contributed by atoms with van der Waals surface area (Å²) < 4.78 is 84.5. The molecule has 12 aromatic heterocycles. The Morgan fingerprint density at radius 1 is 0.522 bits per heavy atom. The zero-order valence-electron chi connectivity index (χ0n) is 46.4. The number of halogens is 4. The fourth-order valence-electron chi connectivity index (χ4n) is 9.11. The number of nitrogens with zero attached hydrogens (tertiary/aromatic N) is 14. The second kappa shape index (κ2) is 25.1. The van der Waals surface area contributed by atoms with Gasteiger partial charge < -0.3 is 33.8 Å². The number of anilines is 5. The van der Waals surface area contributed by atoms with Gasteiger partial charge in [0.15, 0.2) is 51.5 Å². The lowest BCUT2D eigenvalue weighted by Gasteiger charge is -2.09. The number of nitrogen functional groups attached to an aromatic ring is 1. The molecule has 0 unspecified atom stereocenters. The van der Waals surface area contributed by atoms with Crippen LogP contribution in [-0.2, 0) is 10.1 Å². The van der Waals surface area contributed by atoms with Gasteiger partial charge in [0.2, 0.25) is 17.6 Å². The highest BCUT2D eigenvalue weighted by Gasteiger charge is 2.49. The standard InChI is InChI=1S/C20H14N6O2.C18H12N6O.C12H6F3N3O4S.C9H9N3O.ClH/c1-12(27)26-16-5-2-4-15(14(16)10-24-26)25-18-13-6-9-21-11-17(13)28-19(18)20-22-7-3-8-23-20;1-3-13(12-9-22-24-14(12)4-1)23-16-11-5-8-19-10-15(11)25-17(16)18-20-6-2-7-21-18;13-12(14,15)23(19,20)22-9-7-2-5-16-6-8(7)21-10(9)11-17-3-1-4-18-11;1-6(13)12-9-4-2-3-8(10)7(9)5-11-12;/h2-11,25H,1H3;1-10,23H,(H,22,24);1-6H;2-5H,10H2,1H3;1H. The number of furan rings is 3. The largest absolute Gasteiger partial charge is 0.534 e. The van der Waals surface area contributed by atoms with Gasteiger partial charge in [-0.2, -0.15) is 36.9 Å². The Morgan fingerprint density at radius 2 is 0.956 bits per heavy atom. The minimum Gasteiger partial charge on any atom is -0.449 e. The molecular formula is C59H42ClF3N18O8S. The number of H-pyrrole nitrogens is 1. The number of carbonyl (C=O) groups is 2. The number of hydrogen-bond acceptors (Lipinski definition) is 23. The lowest BCUT2D eigenvalue weighted by Crippen LogP contribution is -2.28. The molecule has 0 aliphatic rings. The van der Waals surface area contributed by atoms with Crippen molar-refractivity contribution in [2.24, 2.45) is 0 Å². The predicted molar refractivity (Wildman–Crippen MR) is 327 cm³/mol. The molecule has 0 aliphatic heterocycles. The van der Waals surface area contributed by atoms with Crippen LogP contribution < -0.4 is 20.6 Å². The first-order valence-corrected chi connectivity index (χ1v) is 27.6.